The van der Waals surface area contributed by atoms with Crippen LogP contribution in [0.15, 0.2) is 36.4 Å². The molecule has 2 fully saturated rings. The molecule has 0 spiro atoms. The second-order valence-corrected chi connectivity index (χ2v) is 8.45. The van der Waals surface area contributed by atoms with Crippen LogP contribution in [-0.2, 0) is 9.59 Å². The van der Waals surface area contributed by atoms with Gasteiger partial charge in [-0.05, 0) is 37.8 Å². The Morgan fingerprint density at radius 3 is 2.54 bits per heavy atom. The van der Waals surface area contributed by atoms with E-state index in [9.17, 15) is 9.59 Å². The predicted octanol–water partition coefficient (Wildman–Crippen LogP) is 3.34. The molecule has 5 nitrogen and oxygen atoms in total. The largest absolute Gasteiger partial charge is 0.276 e. The molecule has 26 heavy (non-hydrogen) atoms. The molecule has 134 valence electrons. The van der Waals surface area contributed by atoms with E-state index < -0.39 is 0 Å². The van der Waals surface area contributed by atoms with E-state index in [0.717, 1.165) is 29.9 Å². The van der Waals surface area contributed by atoms with Crippen LogP contribution in [0.25, 0.3) is 10.2 Å². The molecule has 0 N–H and O–H groups in total. The molecular weight excluding hydrogens is 346 g/mol. The monoisotopic (exact) mass is 367 g/mol. The summed E-state index contributed by atoms with van der Waals surface area (Å²) in [6.07, 6.45) is 7.58. The zero-order valence-corrected chi connectivity index (χ0v) is 15.3. The molecule has 3 unspecified atom stereocenters. The van der Waals surface area contributed by atoms with E-state index in [2.05, 4.69) is 11.0 Å². The molecule has 0 bridgehead atoms. The SMILES string of the molecule is O=C1C2CC=CCC2C(=O)N1CN1CCCC1c1nc2ccccc2s1. The van der Waals surface area contributed by atoms with Crippen molar-refractivity contribution in [3.05, 3.63) is 41.4 Å². The molecule has 2 aliphatic heterocycles. The Kier molecular flexibility index (Phi) is 3.90. The number of benzene rings is 1. The van der Waals surface area contributed by atoms with Gasteiger partial charge in [0.2, 0.25) is 11.8 Å². The number of hydrogen-bond acceptors (Lipinski definition) is 5. The minimum atomic E-state index is -0.143. The summed E-state index contributed by atoms with van der Waals surface area (Å²) >= 11 is 1.73. The first-order chi connectivity index (χ1) is 12.7. The predicted molar refractivity (Wildman–Crippen MR) is 100 cm³/mol. The van der Waals surface area contributed by atoms with Gasteiger partial charge in [-0.3, -0.25) is 19.4 Å². The molecule has 3 heterocycles. The molecule has 0 radical (unpaired) electrons. The van der Waals surface area contributed by atoms with Gasteiger partial charge in [-0.25, -0.2) is 4.98 Å². The van der Waals surface area contributed by atoms with E-state index in [-0.39, 0.29) is 29.7 Å². The molecule has 3 aliphatic rings. The van der Waals surface area contributed by atoms with Crippen molar-refractivity contribution in [2.24, 2.45) is 11.8 Å². The third-order valence-electron chi connectivity index (χ3n) is 5.88. The first kappa shape index (κ1) is 16.1. The van der Waals surface area contributed by atoms with Crippen LogP contribution in [0.2, 0.25) is 0 Å². The molecule has 6 heteroatoms. The number of carbonyl (C=O) groups is 2. The third kappa shape index (κ3) is 2.51. The molecule has 2 saturated heterocycles. The van der Waals surface area contributed by atoms with Crippen molar-refractivity contribution in [1.82, 2.24) is 14.8 Å². The van der Waals surface area contributed by atoms with Gasteiger partial charge in [0.05, 0.1) is 34.8 Å². The van der Waals surface area contributed by atoms with E-state index >= 15 is 0 Å². The molecule has 3 atom stereocenters. The number of amides is 2. The number of thiazole rings is 1. The summed E-state index contributed by atoms with van der Waals surface area (Å²) in [7, 11) is 0. The van der Waals surface area contributed by atoms with E-state index in [1.165, 1.54) is 9.60 Å². The number of allylic oxidation sites excluding steroid dienone is 2. The number of likely N-dealkylation sites (tertiary alicyclic amines) is 2. The van der Waals surface area contributed by atoms with Crippen LogP contribution >= 0.6 is 11.3 Å². The number of imide groups is 1. The lowest BCUT2D eigenvalue weighted by molar-refractivity contribution is -0.142. The summed E-state index contributed by atoms with van der Waals surface area (Å²) in [5.41, 5.74) is 1.03. The number of rotatable bonds is 3. The normalized spacial score (nSPS) is 29.1. The highest BCUT2D eigenvalue weighted by molar-refractivity contribution is 7.18. The molecule has 1 aromatic carbocycles. The maximum Gasteiger partial charge on any atom is 0.234 e. The molecular formula is C20H21N3O2S. The molecule has 1 aromatic heterocycles. The van der Waals surface area contributed by atoms with E-state index in [0.29, 0.717) is 19.5 Å². The Labute approximate surface area is 156 Å². The minimum absolute atomic E-state index is 0.0132. The Hall–Kier alpha value is -2.05. The highest BCUT2D eigenvalue weighted by Crippen LogP contribution is 2.39. The van der Waals surface area contributed by atoms with Gasteiger partial charge in [0.15, 0.2) is 0 Å². The van der Waals surface area contributed by atoms with E-state index in [1.807, 2.05) is 30.4 Å². The lowest BCUT2D eigenvalue weighted by Gasteiger charge is -2.27. The van der Waals surface area contributed by atoms with Crippen molar-refractivity contribution in [2.45, 2.75) is 31.7 Å². The Morgan fingerprint density at radius 2 is 1.81 bits per heavy atom. The van der Waals surface area contributed by atoms with Gasteiger partial charge in [0.25, 0.3) is 0 Å². The molecule has 2 amide bonds. The summed E-state index contributed by atoms with van der Waals surface area (Å²) < 4.78 is 1.19. The van der Waals surface area contributed by atoms with Gasteiger partial charge in [-0.15, -0.1) is 11.3 Å². The van der Waals surface area contributed by atoms with Gasteiger partial charge in [0, 0.05) is 6.54 Å². The first-order valence-corrected chi connectivity index (χ1v) is 10.1. The van der Waals surface area contributed by atoms with Crippen LogP contribution in [0.4, 0.5) is 0 Å². The Morgan fingerprint density at radius 1 is 1.08 bits per heavy atom. The maximum absolute atomic E-state index is 12.8. The standard InChI is InChI=1S/C20H21N3O2S/c24-19-13-6-1-2-7-14(13)20(25)23(19)12-22-11-5-9-16(22)18-21-15-8-3-4-10-17(15)26-18/h1-4,8,10,13-14,16H,5-7,9,11-12H2. The summed E-state index contributed by atoms with van der Waals surface area (Å²) in [5.74, 6) is -0.259. The van der Waals surface area contributed by atoms with Crippen molar-refractivity contribution < 1.29 is 9.59 Å². The lowest BCUT2D eigenvalue weighted by atomic mass is 9.85. The van der Waals surface area contributed by atoms with Crippen LogP contribution in [0, 0.1) is 11.8 Å². The van der Waals surface area contributed by atoms with Crippen LogP contribution in [-0.4, -0.2) is 39.8 Å². The van der Waals surface area contributed by atoms with Gasteiger partial charge < -0.3 is 0 Å². The summed E-state index contributed by atoms with van der Waals surface area (Å²) in [6.45, 7) is 1.32. The number of carbonyl (C=O) groups excluding carboxylic acids is 2. The average Bonchev–Trinajstić information content (AvgIpc) is 3.35. The highest BCUT2D eigenvalue weighted by Gasteiger charge is 2.48. The molecule has 5 rings (SSSR count). The summed E-state index contributed by atoms with van der Waals surface area (Å²) in [4.78, 5) is 34.1. The van der Waals surface area contributed by atoms with E-state index in [1.54, 1.807) is 11.3 Å². The molecule has 0 saturated carbocycles. The summed E-state index contributed by atoms with van der Waals surface area (Å²) in [5, 5.41) is 1.10. The number of nitrogens with zero attached hydrogens (tertiary/aromatic N) is 3. The molecule has 1 aliphatic carbocycles. The van der Waals surface area contributed by atoms with Crippen molar-refractivity contribution in [1.29, 1.82) is 0 Å². The van der Waals surface area contributed by atoms with Crippen LogP contribution in [0.1, 0.15) is 36.7 Å². The number of para-hydroxylation sites is 1. The smallest absolute Gasteiger partial charge is 0.234 e. The van der Waals surface area contributed by atoms with Gasteiger partial charge in [-0.1, -0.05) is 24.3 Å². The van der Waals surface area contributed by atoms with E-state index in [4.69, 9.17) is 4.98 Å². The minimum Gasteiger partial charge on any atom is -0.276 e. The second kappa shape index (κ2) is 6.28. The molecule has 2 aromatic rings. The van der Waals surface area contributed by atoms with Crippen molar-refractivity contribution >= 4 is 33.4 Å². The first-order valence-electron chi connectivity index (χ1n) is 9.32. The summed E-state index contributed by atoms with van der Waals surface area (Å²) in [6, 6.07) is 8.39. The van der Waals surface area contributed by atoms with Gasteiger partial charge in [-0.2, -0.15) is 0 Å². The zero-order chi connectivity index (χ0) is 17.7. The number of fused-ring (bicyclic) bond motifs is 2. The van der Waals surface area contributed by atoms with Crippen molar-refractivity contribution in [3.63, 3.8) is 0 Å². The van der Waals surface area contributed by atoms with Crippen molar-refractivity contribution in [3.8, 4) is 0 Å². The van der Waals surface area contributed by atoms with Crippen LogP contribution < -0.4 is 0 Å². The topological polar surface area (TPSA) is 53.5 Å². The Balaban J connectivity index is 1.38. The third-order valence-corrected chi connectivity index (χ3v) is 7.02. The number of hydrogen-bond donors (Lipinski definition) is 0. The zero-order valence-electron chi connectivity index (χ0n) is 14.5. The van der Waals surface area contributed by atoms with Gasteiger partial charge in [0.1, 0.15) is 5.01 Å². The fraction of sp³-hybridized carbons (Fsp3) is 0.450. The van der Waals surface area contributed by atoms with Crippen LogP contribution in [0.5, 0.6) is 0 Å². The fourth-order valence-corrected chi connectivity index (χ4v) is 5.63. The lowest BCUT2D eigenvalue weighted by Crippen LogP contribution is -2.41. The average molecular weight is 367 g/mol. The van der Waals surface area contributed by atoms with Gasteiger partial charge >= 0.3 is 0 Å². The van der Waals surface area contributed by atoms with Crippen LogP contribution in [0.3, 0.4) is 0 Å². The fourth-order valence-electron chi connectivity index (χ4n) is 4.50. The maximum atomic E-state index is 12.8. The highest BCUT2D eigenvalue weighted by atomic mass is 32.1. The van der Waals surface area contributed by atoms with Crippen molar-refractivity contribution in [2.75, 3.05) is 13.2 Å². The quantitative estimate of drug-likeness (QED) is 0.617. The Bertz CT molecular complexity index is 846. The number of aromatic nitrogens is 1. The second-order valence-electron chi connectivity index (χ2n) is 7.39.